The van der Waals surface area contributed by atoms with Gasteiger partial charge in [-0.15, -0.1) is 0 Å². The summed E-state index contributed by atoms with van der Waals surface area (Å²) in [6.45, 7) is 6.38. The molecule has 162 valence electrons. The number of halogens is 2. The van der Waals surface area contributed by atoms with E-state index in [0.717, 1.165) is 12.1 Å². The average molecular weight is 437 g/mol. The van der Waals surface area contributed by atoms with Crippen molar-refractivity contribution in [2.24, 2.45) is 0 Å². The standard InChI is InChI=1S/C21H26ClFN4O3/c1-3-5-17-19(22)20(21(29)30-4-2)24-27(17)14-18(28)26-12-10-25(11-13-26)16-8-6-15(23)7-9-16/h6-9H,3-5,10-14H2,1-2H3. The SMILES string of the molecule is CCCc1c(Cl)c(C(=O)OCC)nn1CC(=O)N1CCN(c2ccc(F)cc2)CC1. The molecule has 9 heteroatoms. The summed E-state index contributed by atoms with van der Waals surface area (Å²) in [6.07, 6.45) is 1.41. The van der Waals surface area contributed by atoms with Gasteiger partial charge in [-0.05, 0) is 37.6 Å². The van der Waals surface area contributed by atoms with E-state index in [2.05, 4.69) is 10.00 Å². The number of rotatable bonds is 7. The molecule has 2 heterocycles. The van der Waals surface area contributed by atoms with Gasteiger partial charge in [-0.2, -0.15) is 5.10 Å². The monoisotopic (exact) mass is 436 g/mol. The van der Waals surface area contributed by atoms with E-state index in [1.165, 1.54) is 16.8 Å². The van der Waals surface area contributed by atoms with Gasteiger partial charge in [0.05, 0.1) is 17.3 Å². The Balaban J connectivity index is 1.66. The lowest BCUT2D eigenvalue weighted by molar-refractivity contribution is -0.132. The molecule has 1 aromatic heterocycles. The van der Waals surface area contributed by atoms with Crippen LogP contribution in [-0.2, 0) is 22.5 Å². The summed E-state index contributed by atoms with van der Waals surface area (Å²) >= 11 is 6.36. The van der Waals surface area contributed by atoms with E-state index < -0.39 is 5.97 Å². The predicted octanol–water partition coefficient (Wildman–Crippen LogP) is 3.15. The molecule has 7 nitrogen and oxygen atoms in total. The molecule has 1 amide bonds. The Labute approximate surface area is 180 Å². The van der Waals surface area contributed by atoms with Gasteiger partial charge in [-0.25, -0.2) is 9.18 Å². The van der Waals surface area contributed by atoms with Crippen LogP contribution in [0.25, 0.3) is 0 Å². The molecular formula is C21H26ClFN4O3. The van der Waals surface area contributed by atoms with Crippen molar-refractivity contribution in [3.63, 3.8) is 0 Å². The van der Waals surface area contributed by atoms with Gasteiger partial charge in [-0.3, -0.25) is 9.48 Å². The summed E-state index contributed by atoms with van der Waals surface area (Å²) in [4.78, 5) is 28.9. The van der Waals surface area contributed by atoms with Crippen molar-refractivity contribution in [3.05, 3.63) is 46.5 Å². The van der Waals surface area contributed by atoms with Crippen molar-refractivity contribution in [1.29, 1.82) is 0 Å². The van der Waals surface area contributed by atoms with E-state index in [1.807, 2.05) is 6.92 Å². The fraction of sp³-hybridized carbons (Fsp3) is 0.476. The smallest absolute Gasteiger partial charge is 0.360 e. The second-order valence-corrected chi connectivity index (χ2v) is 7.46. The van der Waals surface area contributed by atoms with Gasteiger partial charge >= 0.3 is 5.97 Å². The minimum atomic E-state index is -0.584. The molecule has 0 spiro atoms. The van der Waals surface area contributed by atoms with Gasteiger partial charge in [-0.1, -0.05) is 24.9 Å². The van der Waals surface area contributed by atoms with Gasteiger partial charge in [0.25, 0.3) is 0 Å². The molecule has 1 aromatic carbocycles. The van der Waals surface area contributed by atoms with Gasteiger partial charge in [0.2, 0.25) is 5.91 Å². The van der Waals surface area contributed by atoms with Crippen LogP contribution in [0.15, 0.2) is 24.3 Å². The van der Waals surface area contributed by atoms with Crippen molar-refractivity contribution < 1.29 is 18.7 Å². The summed E-state index contributed by atoms with van der Waals surface area (Å²) in [7, 11) is 0. The lowest BCUT2D eigenvalue weighted by Crippen LogP contribution is -2.49. The third-order valence-corrected chi connectivity index (χ3v) is 5.46. The second kappa shape index (κ2) is 9.93. The number of esters is 1. The van der Waals surface area contributed by atoms with E-state index >= 15 is 0 Å². The minimum absolute atomic E-state index is 0.0189. The Morgan fingerprint density at radius 1 is 1.13 bits per heavy atom. The summed E-state index contributed by atoms with van der Waals surface area (Å²) < 4.78 is 19.7. The van der Waals surface area contributed by atoms with E-state index in [9.17, 15) is 14.0 Å². The number of nitrogens with zero attached hydrogens (tertiary/aromatic N) is 4. The first kappa shape index (κ1) is 22.1. The molecule has 0 atom stereocenters. The van der Waals surface area contributed by atoms with Gasteiger partial charge in [0, 0.05) is 31.9 Å². The summed E-state index contributed by atoms with van der Waals surface area (Å²) in [5.74, 6) is -0.935. The lowest BCUT2D eigenvalue weighted by Gasteiger charge is -2.36. The zero-order valence-corrected chi connectivity index (χ0v) is 18.0. The molecule has 1 aliphatic rings. The van der Waals surface area contributed by atoms with Crippen LogP contribution in [0.4, 0.5) is 10.1 Å². The first-order valence-electron chi connectivity index (χ1n) is 10.1. The normalized spacial score (nSPS) is 14.1. The highest BCUT2D eigenvalue weighted by Crippen LogP contribution is 2.24. The second-order valence-electron chi connectivity index (χ2n) is 7.08. The Hall–Kier alpha value is -2.61. The van der Waals surface area contributed by atoms with Crippen molar-refractivity contribution in [2.75, 3.05) is 37.7 Å². The van der Waals surface area contributed by atoms with Gasteiger partial charge in [0.1, 0.15) is 12.4 Å². The highest BCUT2D eigenvalue weighted by molar-refractivity contribution is 6.34. The van der Waals surface area contributed by atoms with E-state index in [4.69, 9.17) is 16.3 Å². The Morgan fingerprint density at radius 3 is 2.40 bits per heavy atom. The summed E-state index contributed by atoms with van der Waals surface area (Å²) in [6, 6.07) is 6.36. The number of ether oxygens (including phenoxy) is 1. The van der Waals surface area contributed by atoms with E-state index in [0.29, 0.717) is 38.3 Å². The molecule has 0 N–H and O–H groups in total. The van der Waals surface area contributed by atoms with Gasteiger partial charge < -0.3 is 14.5 Å². The molecule has 1 fully saturated rings. The molecule has 30 heavy (non-hydrogen) atoms. The highest BCUT2D eigenvalue weighted by atomic mass is 35.5. The minimum Gasteiger partial charge on any atom is -0.461 e. The summed E-state index contributed by atoms with van der Waals surface area (Å²) in [5.41, 5.74) is 1.66. The topological polar surface area (TPSA) is 67.7 Å². The first-order chi connectivity index (χ1) is 14.4. The van der Waals surface area contributed by atoms with Crippen LogP contribution < -0.4 is 4.90 Å². The maximum absolute atomic E-state index is 13.1. The molecular weight excluding hydrogens is 411 g/mol. The van der Waals surface area contributed by atoms with Gasteiger partial charge in [0.15, 0.2) is 5.69 Å². The van der Waals surface area contributed by atoms with Crippen LogP contribution in [0, 0.1) is 5.82 Å². The van der Waals surface area contributed by atoms with E-state index in [-0.39, 0.29) is 35.6 Å². The number of hydrogen-bond donors (Lipinski definition) is 0. The zero-order chi connectivity index (χ0) is 21.7. The highest BCUT2D eigenvalue weighted by Gasteiger charge is 2.26. The molecule has 0 aliphatic carbocycles. The molecule has 2 aromatic rings. The van der Waals surface area contributed by atoms with Crippen LogP contribution in [0.5, 0.6) is 0 Å². The molecule has 1 aliphatic heterocycles. The fourth-order valence-corrected chi connectivity index (χ4v) is 3.81. The number of carbonyl (C=O) groups is 2. The fourth-order valence-electron chi connectivity index (χ4n) is 3.51. The number of benzene rings is 1. The maximum atomic E-state index is 13.1. The zero-order valence-electron chi connectivity index (χ0n) is 17.2. The number of anilines is 1. The van der Waals surface area contributed by atoms with Crippen LogP contribution in [0.1, 0.15) is 36.5 Å². The predicted molar refractivity (Wildman–Crippen MR) is 112 cm³/mol. The third-order valence-electron chi connectivity index (χ3n) is 5.06. The Morgan fingerprint density at radius 2 is 1.80 bits per heavy atom. The molecule has 0 bridgehead atoms. The van der Waals surface area contributed by atoms with Crippen LogP contribution in [0.3, 0.4) is 0 Å². The molecule has 0 unspecified atom stereocenters. The number of hydrogen-bond acceptors (Lipinski definition) is 5. The number of piperazine rings is 1. The Bertz CT molecular complexity index is 892. The number of carbonyl (C=O) groups excluding carboxylic acids is 2. The number of aromatic nitrogens is 2. The third kappa shape index (κ3) is 4.92. The Kier molecular flexibility index (Phi) is 7.31. The molecule has 0 saturated carbocycles. The largest absolute Gasteiger partial charge is 0.461 e. The average Bonchev–Trinajstić information content (AvgIpc) is 3.05. The first-order valence-corrected chi connectivity index (χ1v) is 10.5. The van der Waals surface area contributed by atoms with Crippen LogP contribution in [-0.4, -0.2) is 59.3 Å². The molecule has 3 rings (SSSR count). The van der Waals surface area contributed by atoms with Crippen molar-refractivity contribution in [2.45, 2.75) is 33.2 Å². The van der Waals surface area contributed by atoms with Crippen LogP contribution in [0.2, 0.25) is 5.02 Å². The molecule has 0 radical (unpaired) electrons. The van der Waals surface area contributed by atoms with Crippen molar-refractivity contribution in [1.82, 2.24) is 14.7 Å². The lowest BCUT2D eigenvalue weighted by atomic mass is 10.2. The summed E-state index contributed by atoms with van der Waals surface area (Å²) in [5, 5.41) is 4.52. The van der Waals surface area contributed by atoms with Crippen molar-refractivity contribution in [3.8, 4) is 0 Å². The quantitative estimate of drug-likeness (QED) is 0.624. The van der Waals surface area contributed by atoms with Crippen LogP contribution >= 0.6 is 11.6 Å². The molecule has 1 saturated heterocycles. The van der Waals surface area contributed by atoms with E-state index in [1.54, 1.807) is 24.0 Å². The number of amides is 1. The maximum Gasteiger partial charge on any atom is 0.360 e. The van der Waals surface area contributed by atoms with Crippen molar-refractivity contribution >= 4 is 29.2 Å².